The molecule has 6 nitrogen and oxygen atoms in total. The van der Waals surface area contributed by atoms with Crippen molar-refractivity contribution in [3.8, 4) is 0 Å². The molecule has 0 aliphatic heterocycles. The molecule has 1 heterocycles. The predicted molar refractivity (Wildman–Crippen MR) is 78.0 cm³/mol. The lowest BCUT2D eigenvalue weighted by Crippen LogP contribution is -2.35. The van der Waals surface area contributed by atoms with Gasteiger partial charge in [-0.15, -0.1) is 0 Å². The summed E-state index contributed by atoms with van der Waals surface area (Å²) in [5.74, 6) is -2.58. The van der Waals surface area contributed by atoms with Crippen LogP contribution in [0.25, 0.3) is 0 Å². The van der Waals surface area contributed by atoms with Gasteiger partial charge in [-0.3, -0.25) is 14.4 Å². The Morgan fingerprint density at radius 3 is 2.57 bits per heavy atom. The number of amides is 1. The van der Waals surface area contributed by atoms with Crippen LogP contribution >= 0.6 is 0 Å². The molecule has 112 valence electrons. The number of anilines is 1. The first kappa shape index (κ1) is 15.0. The fourth-order valence-electron chi connectivity index (χ4n) is 2.46. The van der Waals surface area contributed by atoms with E-state index in [0.29, 0.717) is 25.1 Å². The largest absolute Gasteiger partial charge is 0.481 e. The second-order valence-corrected chi connectivity index (χ2v) is 5.03. The van der Waals surface area contributed by atoms with Crippen molar-refractivity contribution in [3.63, 3.8) is 0 Å². The van der Waals surface area contributed by atoms with E-state index in [4.69, 9.17) is 0 Å². The van der Waals surface area contributed by atoms with Crippen molar-refractivity contribution in [1.82, 2.24) is 4.57 Å². The Bertz CT molecular complexity index is 633. The summed E-state index contributed by atoms with van der Waals surface area (Å²) >= 11 is 0. The van der Waals surface area contributed by atoms with E-state index in [0.717, 1.165) is 0 Å². The average Bonchev–Trinajstić information content (AvgIpc) is 2.49. The number of carboxylic acids is 1. The SMILES string of the molecule is CCn1cc(NC(=O)[C@@H]2CC=CC[C@@H]2C(=O)O)ccc1=O. The summed E-state index contributed by atoms with van der Waals surface area (Å²) in [6, 6.07) is 2.91. The second-order valence-electron chi connectivity index (χ2n) is 5.03. The Morgan fingerprint density at radius 1 is 1.29 bits per heavy atom. The number of aromatic nitrogens is 1. The third-order valence-corrected chi connectivity index (χ3v) is 3.68. The average molecular weight is 290 g/mol. The van der Waals surface area contributed by atoms with E-state index in [1.807, 2.05) is 13.0 Å². The van der Waals surface area contributed by atoms with Gasteiger partial charge in [-0.05, 0) is 25.8 Å². The van der Waals surface area contributed by atoms with Crippen molar-refractivity contribution in [1.29, 1.82) is 0 Å². The highest BCUT2D eigenvalue weighted by atomic mass is 16.4. The van der Waals surface area contributed by atoms with Crippen LogP contribution in [-0.2, 0) is 16.1 Å². The Labute approximate surface area is 122 Å². The van der Waals surface area contributed by atoms with E-state index in [-0.39, 0.29) is 11.5 Å². The summed E-state index contributed by atoms with van der Waals surface area (Å²) < 4.78 is 1.48. The lowest BCUT2D eigenvalue weighted by molar-refractivity contribution is -0.146. The van der Waals surface area contributed by atoms with Gasteiger partial charge in [-0.25, -0.2) is 0 Å². The standard InChI is InChI=1S/C15H18N2O4/c1-2-17-9-10(7-8-13(17)18)16-14(19)11-5-3-4-6-12(11)15(20)21/h3-4,7-9,11-12H,2,5-6H2,1H3,(H,16,19)(H,20,21)/t11-,12+/m1/s1. The number of rotatable bonds is 4. The lowest BCUT2D eigenvalue weighted by Gasteiger charge is -2.24. The molecule has 1 aromatic heterocycles. The molecule has 1 aliphatic carbocycles. The maximum absolute atomic E-state index is 12.3. The van der Waals surface area contributed by atoms with Crippen LogP contribution in [0.2, 0.25) is 0 Å². The summed E-state index contributed by atoms with van der Waals surface area (Å²) in [5, 5.41) is 11.9. The van der Waals surface area contributed by atoms with Crippen LogP contribution in [0.15, 0.2) is 35.3 Å². The van der Waals surface area contributed by atoms with E-state index in [2.05, 4.69) is 5.32 Å². The zero-order chi connectivity index (χ0) is 15.4. The maximum Gasteiger partial charge on any atom is 0.307 e. The molecule has 0 saturated heterocycles. The molecule has 0 spiro atoms. The number of carboxylic acid groups (broad SMARTS) is 1. The quantitative estimate of drug-likeness (QED) is 0.822. The number of carbonyl (C=O) groups excluding carboxylic acids is 1. The molecule has 2 rings (SSSR count). The third-order valence-electron chi connectivity index (χ3n) is 3.68. The van der Waals surface area contributed by atoms with Crippen molar-refractivity contribution in [2.24, 2.45) is 11.8 Å². The fourth-order valence-corrected chi connectivity index (χ4v) is 2.46. The predicted octanol–water partition coefficient (Wildman–Crippen LogP) is 1.47. The van der Waals surface area contributed by atoms with Gasteiger partial charge < -0.3 is 15.0 Å². The van der Waals surface area contributed by atoms with Gasteiger partial charge in [0, 0.05) is 18.8 Å². The maximum atomic E-state index is 12.3. The molecule has 21 heavy (non-hydrogen) atoms. The van der Waals surface area contributed by atoms with Crippen LogP contribution in [0.5, 0.6) is 0 Å². The molecule has 0 aromatic carbocycles. The van der Waals surface area contributed by atoms with Crippen molar-refractivity contribution in [2.75, 3.05) is 5.32 Å². The van der Waals surface area contributed by atoms with Crippen LogP contribution in [0.1, 0.15) is 19.8 Å². The van der Waals surface area contributed by atoms with Gasteiger partial charge in [-0.2, -0.15) is 0 Å². The van der Waals surface area contributed by atoms with Gasteiger partial charge >= 0.3 is 5.97 Å². The molecule has 0 fully saturated rings. The van der Waals surface area contributed by atoms with Crippen molar-refractivity contribution >= 4 is 17.6 Å². The topological polar surface area (TPSA) is 88.4 Å². The Hall–Kier alpha value is -2.37. The third kappa shape index (κ3) is 3.39. The minimum atomic E-state index is -0.960. The molecular weight excluding hydrogens is 272 g/mol. The zero-order valence-electron chi connectivity index (χ0n) is 11.8. The molecule has 6 heteroatoms. The van der Waals surface area contributed by atoms with E-state index < -0.39 is 17.8 Å². The van der Waals surface area contributed by atoms with E-state index in [1.165, 1.54) is 16.7 Å². The fraction of sp³-hybridized carbons (Fsp3) is 0.400. The van der Waals surface area contributed by atoms with Crippen LogP contribution in [0.3, 0.4) is 0 Å². The summed E-state index contributed by atoms with van der Waals surface area (Å²) in [7, 11) is 0. The van der Waals surface area contributed by atoms with Crippen LogP contribution in [0.4, 0.5) is 5.69 Å². The smallest absolute Gasteiger partial charge is 0.307 e. The number of aryl methyl sites for hydroxylation is 1. The number of nitrogens with one attached hydrogen (secondary N) is 1. The highest BCUT2D eigenvalue weighted by molar-refractivity contribution is 5.95. The van der Waals surface area contributed by atoms with E-state index in [1.54, 1.807) is 12.3 Å². The summed E-state index contributed by atoms with van der Waals surface area (Å²) in [6.45, 7) is 2.34. The number of allylic oxidation sites excluding steroid dienone is 2. The first-order valence-electron chi connectivity index (χ1n) is 6.92. The first-order chi connectivity index (χ1) is 10.0. The monoisotopic (exact) mass is 290 g/mol. The number of hydrogen-bond donors (Lipinski definition) is 2. The minimum absolute atomic E-state index is 0.139. The molecule has 1 aliphatic rings. The van der Waals surface area contributed by atoms with Gasteiger partial charge in [0.05, 0.1) is 17.5 Å². The van der Waals surface area contributed by atoms with E-state index in [9.17, 15) is 19.5 Å². The Kier molecular flexibility index (Phi) is 4.57. The van der Waals surface area contributed by atoms with Crippen molar-refractivity contribution in [3.05, 3.63) is 40.8 Å². The van der Waals surface area contributed by atoms with Gasteiger partial charge in [0.25, 0.3) is 5.56 Å². The lowest BCUT2D eigenvalue weighted by atomic mass is 9.82. The number of carbonyl (C=O) groups is 2. The molecule has 0 radical (unpaired) electrons. The molecule has 0 saturated carbocycles. The number of hydrogen-bond acceptors (Lipinski definition) is 3. The first-order valence-corrected chi connectivity index (χ1v) is 6.92. The summed E-state index contributed by atoms with van der Waals surface area (Å²) in [4.78, 5) is 35.0. The van der Waals surface area contributed by atoms with E-state index >= 15 is 0 Å². The summed E-state index contributed by atoms with van der Waals surface area (Å²) in [5.41, 5.74) is 0.361. The summed E-state index contributed by atoms with van der Waals surface area (Å²) in [6.07, 6.45) is 5.96. The van der Waals surface area contributed by atoms with Gasteiger partial charge in [0.2, 0.25) is 5.91 Å². The molecular formula is C15H18N2O4. The number of pyridine rings is 1. The molecule has 2 N–H and O–H groups in total. The van der Waals surface area contributed by atoms with Gasteiger partial charge in [-0.1, -0.05) is 12.2 Å². The normalized spacial score (nSPS) is 21.0. The van der Waals surface area contributed by atoms with Crippen LogP contribution < -0.4 is 10.9 Å². The highest BCUT2D eigenvalue weighted by Crippen LogP contribution is 2.27. The number of nitrogens with zero attached hydrogens (tertiary/aromatic N) is 1. The Morgan fingerprint density at radius 2 is 1.95 bits per heavy atom. The highest BCUT2D eigenvalue weighted by Gasteiger charge is 2.33. The molecule has 1 amide bonds. The minimum Gasteiger partial charge on any atom is -0.481 e. The van der Waals surface area contributed by atoms with Gasteiger partial charge in [0.1, 0.15) is 0 Å². The molecule has 1 aromatic rings. The Balaban J connectivity index is 2.15. The molecule has 0 unspecified atom stereocenters. The van der Waals surface area contributed by atoms with Crippen LogP contribution in [-0.4, -0.2) is 21.6 Å². The molecule has 0 bridgehead atoms. The molecule has 2 atom stereocenters. The second kappa shape index (κ2) is 6.39. The zero-order valence-corrected chi connectivity index (χ0v) is 11.8. The van der Waals surface area contributed by atoms with Gasteiger partial charge in [0.15, 0.2) is 0 Å². The van der Waals surface area contributed by atoms with Crippen molar-refractivity contribution in [2.45, 2.75) is 26.3 Å². The van der Waals surface area contributed by atoms with Crippen LogP contribution in [0, 0.1) is 11.8 Å². The van der Waals surface area contributed by atoms with Crippen molar-refractivity contribution < 1.29 is 14.7 Å². The number of aliphatic carboxylic acids is 1.